The van der Waals surface area contributed by atoms with Gasteiger partial charge < -0.3 is 9.94 Å². The Hall–Kier alpha value is -3.29. The molecule has 1 aliphatic heterocycles. The van der Waals surface area contributed by atoms with Gasteiger partial charge in [-0.05, 0) is 45.8 Å². The van der Waals surface area contributed by atoms with E-state index in [2.05, 4.69) is 5.16 Å². The first kappa shape index (κ1) is 22.5. The molecule has 0 saturated heterocycles. The molecule has 0 amide bonds. The van der Waals surface area contributed by atoms with Crippen LogP contribution >= 0.6 is 23.2 Å². The Bertz CT molecular complexity index is 1500. The van der Waals surface area contributed by atoms with Gasteiger partial charge in [-0.15, -0.1) is 0 Å². The Kier molecular flexibility index (Phi) is 5.22. The van der Waals surface area contributed by atoms with Crippen molar-refractivity contribution in [3.8, 4) is 0 Å². The molecule has 4 aromatic carbocycles. The second-order valence-corrected chi connectivity index (χ2v) is 8.84. The Labute approximate surface area is 201 Å². The van der Waals surface area contributed by atoms with Crippen LogP contribution in [0.25, 0.3) is 21.5 Å². The minimum atomic E-state index is -4.84. The van der Waals surface area contributed by atoms with Crippen LogP contribution in [0.4, 0.5) is 13.2 Å². The van der Waals surface area contributed by atoms with Gasteiger partial charge in [-0.2, -0.15) is 13.2 Å². The van der Waals surface area contributed by atoms with Crippen molar-refractivity contribution in [1.82, 2.24) is 0 Å². The minimum Gasteiger partial charge on any atom is -0.478 e. The Morgan fingerprint density at radius 2 is 1.62 bits per heavy atom. The van der Waals surface area contributed by atoms with Crippen molar-refractivity contribution in [1.29, 1.82) is 0 Å². The van der Waals surface area contributed by atoms with E-state index in [1.165, 1.54) is 6.07 Å². The summed E-state index contributed by atoms with van der Waals surface area (Å²) in [4.78, 5) is 17.2. The SMILES string of the molecule is O=C(O)c1c2ccccc2cc2c(C3=NOC(c4cc(Cl)cc(Cl)c4)(C(F)(F)F)C3)cccc12. The van der Waals surface area contributed by atoms with Crippen LogP contribution in [0.5, 0.6) is 0 Å². The standard InChI is InChI=1S/C25H14Cl2F3NO3/c26-15-9-14(10-16(27)11-15)24(25(28,29)30)12-21(31-34-24)18-6-3-7-19-20(18)8-13-4-1-2-5-17(13)22(19)23(32)33/h1-11H,12H2,(H,32,33). The zero-order valence-corrected chi connectivity index (χ0v) is 18.7. The molecule has 1 N–H and O–H groups in total. The fourth-order valence-electron chi connectivity index (χ4n) is 4.41. The summed E-state index contributed by atoms with van der Waals surface area (Å²) in [6.07, 6.45) is -5.47. The Morgan fingerprint density at radius 1 is 0.941 bits per heavy atom. The average molecular weight is 504 g/mol. The molecule has 9 heteroatoms. The summed E-state index contributed by atoms with van der Waals surface area (Å²) in [5.41, 5.74) is -2.60. The van der Waals surface area contributed by atoms with E-state index in [9.17, 15) is 23.1 Å². The fourth-order valence-corrected chi connectivity index (χ4v) is 4.93. The molecule has 0 radical (unpaired) electrons. The van der Waals surface area contributed by atoms with Crippen LogP contribution in [0.3, 0.4) is 0 Å². The highest BCUT2D eigenvalue weighted by molar-refractivity contribution is 6.34. The average Bonchev–Trinajstić information content (AvgIpc) is 3.23. The van der Waals surface area contributed by atoms with Gasteiger partial charge >= 0.3 is 12.1 Å². The van der Waals surface area contributed by atoms with E-state index in [0.29, 0.717) is 27.1 Å². The maximum Gasteiger partial charge on any atom is 0.435 e. The quantitative estimate of drug-likeness (QED) is 0.293. The molecule has 5 rings (SSSR count). The summed E-state index contributed by atoms with van der Waals surface area (Å²) in [6.45, 7) is 0. The smallest absolute Gasteiger partial charge is 0.435 e. The Balaban J connectivity index is 1.70. The number of rotatable bonds is 3. The van der Waals surface area contributed by atoms with E-state index in [1.807, 2.05) is 0 Å². The molecule has 0 spiro atoms. The molecule has 1 aliphatic rings. The van der Waals surface area contributed by atoms with E-state index in [1.54, 1.807) is 48.5 Å². The van der Waals surface area contributed by atoms with Crippen LogP contribution in [-0.4, -0.2) is 23.0 Å². The van der Waals surface area contributed by atoms with Crippen molar-refractivity contribution in [3.05, 3.63) is 93.5 Å². The van der Waals surface area contributed by atoms with Gasteiger partial charge in [0.2, 0.25) is 0 Å². The zero-order valence-electron chi connectivity index (χ0n) is 17.2. The second-order valence-electron chi connectivity index (χ2n) is 7.97. The van der Waals surface area contributed by atoms with Crippen LogP contribution in [0.2, 0.25) is 10.0 Å². The van der Waals surface area contributed by atoms with Gasteiger partial charge in [0.15, 0.2) is 0 Å². The highest BCUT2D eigenvalue weighted by Gasteiger charge is 2.62. The van der Waals surface area contributed by atoms with E-state index >= 15 is 0 Å². The lowest BCUT2D eigenvalue weighted by atomic mass is 9.85. The summed E-state index contributed by atoms with van der Waals surface area (Å²) in [7, 11) is 0. The molecule has 0 aliphatic carbocycles. The number of benzene rings is 4. The van der Waals surface area contributed by atoms with Gasteiger partial charge in [0.25, 0.3) is 5.60 Å². The summed E-state index contributed by atoms with van der Waals surface area (Å²) in [6, 6.07) is 17.1. The number of alkyl halides is 3. The van der Waals surface area contributed by atoms with Crippen LogP contribution in [0.1, 0.15) is 27.9 Å². The van der Waals surface area contributed by atoms with Crippen LogP contribution in [-0.2, 0) is 10.4 Å². The second kappa shape index (κ2) is 7.89. The molecule has 0 saturated carbocycles. The monoisotopic (exact) mass is 503 g/mol. The molecule has 0 fully saturated rings. The number of nitrogens with zero attached hydrogens (tertiary/aromatic N) is 1. The first-order chi connectivity index (χ1) is 16.1. The first-order valence-electron chi connectivity index (χ1n) is 10.1. The number of fused-ring (bicyclic) bond motifs is 2. The number of hydrogen-bond acceptors (Lipinski definition) is 3. The summed E-state index contributed by atoms with van der Waals surface area (Å²) < 4.78 is 43.2. The van der Waals surface area contributed by atoms with Crippen LogP contribution in [0.15, 0.2) is 71.9 Å². The number of hydrogen-bond donors (Lipinski definition) is 1. The normalized spacial score (nSPS) is 18.2. The highest BCUT2D eigenvalue weighted by atomic mass is 35.5. The molecule has 4 nitrogen and oxygen atoms in total. The molecule has 1 atom stereocenters. The predicted molar refractivity (Wildman–Crippen MR) is 125 cm³/mol. The third-order valence-corrected chi connectivity index (χ3v) is 6.38. The number of halogens is 5. The van der Waals surface area contributed by atoms with Gasteiger partial charge in [-0.25, -0.2) is 4.79 Å². The third kappa shape index (κ3) is 3.47. The van der Waals surface area contributed by atoms with Gasteiger partial charge in [0.05, 0.1) is 11.3 Å². The number of aromatic carboxylic acids is 1. The van der Waals surface area contributed by atoms with Crippen molar-refractivity contribution in [2.75, 3.05) is 0 Å². The topological polar surface area (TPSA) is 58.9 Å². The third-order valence-electron chi connectivity index (χ3n) is 5.95. The van der Waals surface area contributed by atoms with Crippen molar-refractivity contribution >= 4 is 56.4 Å². The van der Waals surface area contributed by atoms with Crippen molar-refractivity contribution < 1.29 is 27.9 Å². The molecule has 0 aromatic heterocycles. The first-order valence-corrected chi connectivity index (χ1v) is 10.8. The lowest BCUT2D eigenvalue weighted by Gasteiger charge is -2.29. The molecule has 1 heterocycles. The van der Waals surface area contributed by atoms with E-state index in [4.69, 9.17) is 28.0 Å². The molecule has 4 aromatic rings. The van der Waals surface area contributed by atoms with Gasteiger partial charge in [-0.3, -0.25) is 0 Å². The maximum absolute atomic E-state index is 14.4. The number of carbonyl (C=O) groups is 1. The fraction of sp³-hybridized carbons (Fsp3) is 0.120. The maximum atomic E-state index is 14.4. The summed E-state index contributed by atoms with van der Waals surface area (Å²) in [5.74, 6) is -1.14. The van der Waals surface area contributed by atoms with E-state index < -0.39 is 24.2 Å². The summed E-state index contributed by atoms with van der Waals surface area (Å²) >= 11 is 11.9. The lowest BCUT2D eigenvalue weighted by molar-refractivity contribution is -0.275. The van der Waals surface area contributed by atoms with Gasteiger partial charge in [0, 0.05) is 27.6 Å². The number of carboxylic acids is 1. The summed E-state index contributed by atoms with van der Waals surface area (Å²) in [5, 5.41) is 15.8. The molecular formula is C25H14Cl2F3NO3. The van der Waals surface area contributed by atoms with E-state index in [-0.39, 0.29) is 26.9 Å². The van der Waals surface area contributed by atoms with Gasteiger partial charge in [0.1, 0.15) is 0 Å². The van der Waals surface area contributed by atoms with Crippen LogP contribution in [0, 0.1) is 0 Å². The number of carboxylic acid groups (broad SMARTS) is 1. The largest absolute Gasteiger partial charge is 0.478 e. The lowest BCUT2D eigenvalue weighted by Crippen LogP contribution is -2.42. The van der Waals surface area contributed by atoms with Crippen molar-refractivity contribution in [2.45, 2.75) is 18.2 Å². The highest BCUT2D eigenvalue weighted by Crippen LogP contribution is 2.50. The van der Waals surface area contributed by atoms with E-state index in [0.717, 1.165) is 12.1 Å². The molecule has 34 heavy (non-hydrogen) atoms. The zero-order chi connectivity index (χ0) is 24.3. The number of oxime groups is 1. The van der Waals surface area contributed by atoms with Crippen LogP contribution < -0.4 is 0 Å². The predicted octanol–water partition coefficient (Wildman–Crippen LogP) is 7.58. The minimum absolute atomic E-state index is 0.0330. The van der Waals surface area contributed by atoms with Crippen molar-refractivity contribution in [2.24, 2.45) is 5.16 Å². The molecular weight excluding hydrogens is 490 g/mol. The Morgan fingerprint density at radius 3 is 2.29 bits per heavy atom. The molecule has 0 bridgehead atoms. The van der Waals surface area contributed by atoms with Gasteiger partial charge in [-0.1, -0.05) is 70.8 Å². The molecule has 1 unspecified atom stereocenters. The molecule has 172 valence electrons. The van der Waals surface area contributed by atoms with Crippen molar-refractivity contribution in [3.63, 3.8) is 0 Å².